The smallest absolute Gasteiger partial charge is 0.315 e. The highest BCUT2D eigenvalue weighted by Crippen LogP contribution is 2.36. The van der Waals surface area contributed by atoms with Crippen LogP contribution in [0, 0.1) is 10.1 Å². The van der Waals surface area contributed by atoms with E-state index < -0.39 is 4.92 Å². The van der Waals surface area contributed by atoms with E-state index in [1.807, 2.05) is 12.1 Å². The Bertz CT molecular complexity index is 893. The summed E-state index contributed by atoms with van der Waals surface area (Å²) in [6, 6.07) is 13.4. The van der Waals surface area contributed by atoms with Gasteiger partial charge in [0.15, 0.2) is 5.75 Å². The first-order valence-corrected chi connectivity index (χ1v) is 6.38. The van der Waals surface area contributed by atoms with Gasteiger partial charge in [0.25, 0.3) is 5.82 Å². The normalized spacial score (nSPS) is 11.1. The number of nitrogens with zero attached hydrogens (tertiary/aromatic N) is 4. The molecule has 0 unspecified atom stereocenters. The van der Waals surface area contributed by atoms with Crippen LogP contribution in [-0.2, 0) is 0 Å². The van der Waals surface area contributed by atoms with Crippen LogP contribution in [0.3, 0.4) is 0 Å². The summed E-state index contributed by atoms with van der Waals surface area (Å²) in [7, 11) is 0. The lowest BCUT2D eigenvalue weighted by atomic mass is 10.1. The number of azo groups is 1. The molecular formula is C15H10N4O3. The van der Waals surface area contributed by atoms with E-state index in [1.54, 1.807) is 24.3 Å². The van der Waals surface area contributed by atoms with Gasteiger partial charge in [-0.1, -0.05) is 30.3 Å². The topological polar surface area (TPSA) is 101 Å². The van der Waals surface area contributed by atoms with Gasteiger partial charge >= 0.3 is 5.69 Å². The summed E-state index contributed by atoms with van der Waals surface area (Å²) in [6.07, 6.45) is 1.39. The van der Waals surface area contributed by atoms with Gasteiger partial charge in [0.1, 0.15) is 5.69 Å². The number of rotatable bonds is 3. The lowest BCUT2D eigenvalue weighted by Gasteiger charge is -2.03. The number of aromatic hydroxyl groups is 1. The van der Waals surface area contributed by atoms with Crippen LogP contribution < -0.4 is 0 Å². The van der Waals surface area contributed by atoms with Crippen molar-refractivity contribution in [2.45, 2.75) is 0 Å². The Labute approximate surface area is 124 Å². The monoisotopic (exact) mass is 294 g/mol. The first-order valence-electron chi connectivity index (χ1n) is 6.38. The molecule has 7 heteroatoms. The molecule has 0 bridgehead atoms. The minimum atomic E-state index is -0.582. The van der Waals surface area contributed by atoms with E-state index in [-0.39, 0.29) is 22.9 Å². The van der Waals surface area contributed by atoms with Gasteiger partial charge in [0, 0.05) is 17.6 Å². The molecule has 108 valence electrons. The van der Waals surface area contributed by atoms with Gasteiger partial charge in [0.2, 0.25) is 0 Å². The van der Waals surface area contributed by atoms with E-state index in [0.717, 1.165) is 5.39 Å². The van der Waals surface area contributed by atoms with Crippen LogP contribution in [0.2, 0.25) is 0 Å². The molecule has 0 spiro atoms. The van der Waals surface area contributed by atoms with Crippen LogP contribution in [0.15, 0.2) is 65.0 Å². The maximum atomic E-state index is 10.9. The SMILES string of the molecule is O=[N+]([O-])c1cccnc1N=Nc1ccc2ccccc2c1O. The van der Waals surface area contributed by atoms with E-state index >= 15 is 0 Å². The van der Waals surface area contributed by atoms with Crippen molar-refractivity contribution in [1.29, 1.82) is 0 Å². The summed E-state index contributed by atoms with van der Waals surface area (Å²) in [5.74, 6) is -0.138. The second kappa shape index (κ2) is 5.57. The van der Waals surface area contributed by atoms with Crippen LogP contribution in [0.25, 0.3) is 10.8 Å². The van der Waals surface area contributed by atoms with Crippen LogP contribution in [-0.4, -0.2) is 15.0 Å². The molecule has 22 heavy (non-hydrogen) atoms. The van der Waals surface area contributed by atoms with Gasteiger partial charge in [-0.15, -0.1) is 10.2 Å². The Morgan fingerprint density at radius 1 is 1.05 bits per heavy atom. The van der Waals surface area contributed by atoms with E-state index in [9.17, 15) is 15.2 Å². The number of benzene rings is 2. The van der Waals surface area contributed by atoms with E-state index in [1.165, 1.54) is 18.3 Å². The zero-order valence-corrected chi connectivity index (χ0v) is 11.2. The molecule has 1 aromatic heterocycles. The third kappa shape index (κ3) is 2.47. The van der Waals surface area contributed by atoms with Crippen molar-refractivity contribution < 1.29 is 10.0 Å². The van der Waals surface area contributed by atoms with Crippen molar-refractivity contribution in [3.8, 4) is 5.75 Å². The molecule has 0 aliphatic rings. The first-order chi connectivity index (χ1) is 10.7. The standard InChI is InChI=1S/C15H10N4O3/c20-14-11-5-2-1-4-10(11)7-8-12(14)17-18-15-13(19(21)22)6-3-9-16-15/h1-9,20H. The number of phenolic OH excluding ortho intramolecular Hbond substituents is 1. The van der Waals surface area contributed by atoms with Crippen molar-refractivity contribution in [3.63, 3.8) is 0 Å². The number of hydrogen-bond donors (Lipinski definition) is 1. The number of nitro groups is 1. The minimum absolute atomic E-state index is 0.0274. The Kier molecular flexibility index (Phi) is 3.45. The molecule has 0 aliphatic heterocycles. The number of hydrogen-bond acceptors (Lipinski definition) is 6. The zero-order chi connectivity index (χ0) is 15.5. The minimum Gasteiger partial charge on any atom is -0.505 e. The largest absolute Gasteiger partial charge is 0.505 e. The van der Waals surface area contributed by atoms with Gasteiger partial charge in [-0.05, 0) is 17.5 Å². The fraction of sp³-hybridized carbons (Fsp3) is 0. The summed E-state index contributed by atoms with van der Waals surface area (Å²) in [4.78, 5) is 14.1. The van der Waals surface area contributed by atoms with Crippen molar-refractivity contribution in [3.05, 3.63) is 64.8 Å². The van der Waals surface area contributed by atoms with Crippen molar-refractivity contribution >= 4 is 28.0 Å². The zero-order valence-electron chi connectivity index (χ0n) is 11.2. The van der Waals surface area contributed by atoms with Crippen molar-refractivity contribution in [2.75, 3.05) is 0 Å². The van der Waals surface area contributed by atoms with E-state index in [4.69, 9.17) is 0 Å². The van der Waals surface area contributed by atoms with Gasteiger partial charge in [-0.3, -0.25) is 10.1 Å². The highest BCUT2D eigenvalue weighted by Gasteiger charge is 2.14. The molecule has 1 heterocycles. The van der Waals surface area contributed by atoms with Crippen LogP contribution in [0.1, 0.15) is 0 Å². The van der Waals surface area contributed by atoms with Crippen LogP contribution in [0.5, 0.6) is 5.75 Å². The lowest BCUT2D eigenvalue weighted by molar-refractivity contribution is -0.384. The highest BCUT2D eigenvalue weighted by molar-refractivity contribution is 5.92. The predicted molar refractivity (Wildman–Crippen MR) is 80.7 cm³/mol. The van der Waals surface area contributed by atoms with Crippen LogP contribution in [0.4, 0.5) is 17.2 Å². The van der Waals surface area contributed by atoms with E-state index in [2.05, 4.69) is 15.2 Å². The summed E-state index contributed by atoms with van der Waals surface area (Å²) in [6.45, 7) is 0. The van der Waals surface area contributed by atoms with Crippen LogP contribution >= 0.6 is 0 Å². The number of pyridine rings is 1. The first kappa shape index (κ1) is 13.6. The second-order valence-corrected chi connectivity index (χ2v) is 4.46. The molecule has 3 rings (SSSR count). The number of phenols is 1. The molecule has 0 fully saturated rings. The van der Waals surface area contributed by atoms with Crippen molar-refractivity contribution in [1.82, 2.24) is 4.98 Å². The summed E-state index contributed by atoms with van der Waals surface area (Å²) >= 11 is 0. The third-order valence-electron chi connectivity index (χ3n) is 3.09. The second-order valence-electron chi connectivity index (χ2n) is 4.46. The maximum Gasteiger partial charge on any atom is 0.315 e. The number of aromatic nitrogens is 1. The summed E-state index contributed by atoms with van der Waals surface area (Å²) in [5.41, 5.74) is -0.0230. The Morgan fingerprint density at radius 2 is 1.86 bits per heavy atom. The Morgan fingerprint density at radius 3 is 2.68 bits per heavy atom. The fourth-order valence-electron chi connectivity index (χ4n) is 2.03. The summed E-state index contributed by atoms with van der Waals surface area (Å²) < 4.78 is 0. The lowest BCUT2D eigenvalue weighted by Crippen LogP contribution is -1.89. The molecule has 0 atom stereocenters. The quantitative estimate of drug-likeness (QED) is 0.443. The average molecular weight is 294 g/mol. The molecule has 0 aliphatic carbocycles. The maximum absolute atomic E-state index is 10.9. The van der Waals surface area contributed by atoms with Gasteiger partial charge in [0.05, 0.1) is 4.92 Å². The molecule has 3 aromatic rings. The molecule has 2 aromatic carbocycles. The molecule has 7 nitrogen and oxygen atoms in total. The van der Waals surface area contributed by atoms with Gasteiger partial charge in [-0.25, -0.2) is 4.98 Å². The average Bonchev–Trinajstić information content (AvgIpc) is 2.55. The Hall–Kier alpha value is -3.35. The Balaban J connectivity index is 2.03. The third-order valence-corrected chi connectivity index (χ3v) is 3.09. The predicted octanol–water partition coefficient (Wildman–Crippen LogP) is 4.26. The molecule has 0 saturated heterocycles. The molecule has 0 saturated carbocycles. The number of fused-ring (bicyclic) bond motifs is 1. The highest BCUT2D eigenvalue weighted by atomic mass is 16.6. The molecular weight excluding hydrogens is 284 g/mol. The summed E-state index contributed by atoms with van der Waals surface area (Å²) in [5, 5.41) is 30.2. The fourth-order valence-corrected chi connectivity index (χ4v) is 2.03. The molecule has 0 amide bonds. The van der Waals surface area contributed by atoms with Gasteiger partial charge < -0.3 is 5.11 Å². The van der Waals surface area contributed by atoms with Crippen molar-refractivity contribution in [2.24, 2.45) is 10.2 Å². The molecule has 0 radical (unpaired) electrons. The molecule has 1 N–H and O–H groups in total. The van der Waals surface area contributed by atoms with Gasteiger partial charge in [-0.2, -0.15) is 0 Å². The van der Waals surface area contributed by atoms with E-state index in [0.29, 0.717) is 5.39 Å².